The van der Waals surface area contributed by atoms with Gasteiger partial charge in [-0.05, 0) is 48.8 Å². The smallest absolute Gasteiger partial charge is 0.0429 e. The van der Waals surface area contributed by atoms with Crippen molar-refractivity contribution >= 4 is 11.8 Å². The molecule has 1 rings (SSSR count). The highest BCUT2D eigenvalue weighted by Gasteiger charge is 2.13. The van der Waals surface area contributed by atoms with E-state index < -0.39 is 0 Å². The van der Waals surface area contributed by atoms with Crippen molar-refractivity contribution in [2.24, 2.45) is 5.92 Å². The van der Waals surface area contributed by atoms with Gasteiger partial charge in [0, 0.05) is 24.2 Å². The summed E-state index contributed by atoms with van der Waals surface area (Å²) >= 11 is 2.03. The minimum atomic E-state index is 0.433. The molecule has 1 N–H and O–H groups in total. The zero-order chi connectivity index (χ0) is 13.4. The Kier molecular flexibility index (Phi) is 7.36. The number of pyridine rings is 1. The quantitative estimate of drug-likeness (QED) is 0.774. The molecule has 1 heterocycles. The highest BCUT2D eigenvalue weighted by atomic mass is 32.2. The van der Waals surface area contributed by atoms with E-state index in [1.807, 2.05) is 24.2 Å². The summed E-state index contributed by atoms with van der Waals surface area (Å²) in [5.41, 5.74) is 2.69. The van der Waals surface area contributed by atoms with Crippen molar-refractivity contribution in [2.45, 2.75) is 40.2 Å². The number of aromatic nitrogens is 1. The molecular formula is C15H26N2S. The molecule has 3 heteroatoms. The standard InChI is InChI=1S/C15H26N2S/c1-5-7-17-15(11-18-10-12(2)3)14-9-16-8-6-13(14)4/h6,8-9,12,15,17H,5,7,10-11H2,1-4H3. The molecule has 1 aromatic heterocycles. The fraction of sp³-hybridized carbons (Fsp3) is 0.667. The Labute approximate surface area is 116 Å². The van der Waals surface area contributed by atoms with Gasteiger partial charge in [-0.25, -0.2) is 0 Å². The molecule has 2 nitrogen and oxygen atoms in total. The van der Waals surface area contributed by atoms with E-state index in [9.17, 15) is 0 Å². The molecule has 0 bridgehead atoms. The van der Waals surface area contributed by atoms with Crippen molar-refractivity contribution < 1.29 is 0 Å². The van der Waals surface area contributed by atoms with E-state index in [1.54, 1.807) is 0 Å². The van der Waals surface area contributed by atoms with Crippen LogP contribution in [0.4, 0.5) is 0 Å². The van der Waals surface area contributed by atoms with Crippen LogP contribution in [-0.4, -0.2) is 23.0 Å². The molecule has 1 atom stereocenters. The van der Waals surface area contributed by atoms with E-state index >= 15 is 0 Å². The van der Waals surface area contributed by atoms with Gasteiger partial charge < -0.3 is 5.32 Å². The maximum Gasteiger partial charge on any atom is 0.0429 e. The molecule has 0 spiro atoms. The van der Waals surface area contributed by atoms with Gasteiger partial charge in [0.25, 0.3) is 0 Å². The minimum absolute atomic E-state index is 0.433. The van der Waals surface area contributed by atoms with E-state index in [4.69, 9.17) is 0 Å². The predicted molar refractivity (Wildman–Crippen MR) is 82.2 cm³/mol. The molecule has 0 aliphatic rings. The zero-order valence-electron chi connectivity index (χ0n) is 12.1. The molecule has 0 fully saturated rings. The van der Waals surface area contributed by atoms with Crippen molar-refractivity contribution in [1.29, 1.82) is 0 Å². The van der Waals surface area contributed by atoms with Gasteiger partial charge in [0.05, 0.1) is 0 Å². The maximum atomic E-state index is 4.27. The Bertz CT molecular complexity index is 339. The van der Waals surface area contributed by atoms with Gasteiger partial charge in [-0.15, -0.1) is 0 Å². The van der Waals surface area contributed by atoms with Crippen molar-refractivity contribution in [2.75, 3.05) is 18.1 Å². The van der Waals surface area contributed by atoms with Crippen LogP contribution in [0.1, 0.15) is 44.4 Å². The first-order valence-corrected chi connectivity index (χ1v) is 8.02. The van der Waals surface area contributed by atoms with Crippen LogP contribution in [0.15, 0.2) is 18.5 Å². The van der Waals surface area contributed by atoms with Gasteiger partial charge in [-0.3, -0.25) is 4.98 Å². The van der Waals surface area contributed by atoms with Gasteiger partial charge >= 0.3 is 0 Å². The highest BCUT2D eigenvalue weighted by Crippen LogP contribution is 2.22. The summed E-state index contributed by atoms with van der Waals surface area (Å²) in [6.45, 7) is 10.0. The van der Waals surface area contributed by atoms with Crippen LogP contribution in [0.25, 0.3) is 0 Å². The number of nitrogens with zero attached hydrogens (tertiary/aromatic N) is 1. The van der Waals surface area contributed by atoms with Crippen molar-refractivity contribution in [1.82, 2.24) is 10.3 Å². The first kappa shape index (κ1) is 15.5. The number of hydrogen-bond acceptors (Lipinski definition) is 3. The van der Waals surface area contributed by atoms with Gasteiger partial charge in [0.15, 0.2) is 0 Å². The molecule has 0 aliphatic carbocycles. The Hall–Kier alpha value is -0.540. The summed E-state index contributed by atoms with van der Waals surface area (Å²) in [6.07, 6.45) is 5.06. The molecule has 0 amide bonds. The summed E-state index contributed by atoms with van der Waals surface area (Å²) in [5, 5.41) is 3.64. The summed E-state index contributed by atoms with van der Waals surface area (Å²) in [4.78, 5) is 4.27. The number of rotatable bonds is 8. The zero-order valence-corrected chi connectivity index (χ0v) is 12.9. The molecule has 102 valence electrons. The third kappa shape index (κ3) is 5.40. The lowest BCUT2D eigenvalue weighted by atomic mass is 10.1. The van der Waals surface area contributed by atoms with Crippen LogP contribution in [0.3, 0.4) is 0 Å². The molecule has 0 radical (unpaired) electrons. The van der Waals surface area contributed by atoms with Gasteiger partial charge in [0.2, 0.25) is 0 Å². The summed E-state index contributed by atoms with van der Waals surface area (Å²) < 4.78 is 0. The third-order valence-corrected chi connectivity index (χ3v) is 4.30. The lowest BCUT2D eigenvalue weighted by Crippen LogP contribution is -2.25. The second-order valence-corrected chi connectivity index (χ2v) is 6.25. The van der Waals surface area contributed by atoms with Crippen LogP contribution in [0.2, 0.25) is 0 Å². The largest absolute Gasteiger partial charge is 0.309 e. The van der Waals surface area contributed by atoms with Gasteiger partial charge in [-0.1, -0.05) is 20.8 Å². The second-order valence-electron chi connectivity index (χ2n) is 5.17. The number of aryl methyl sites for hydroxylation is 1. The number of hydrogen-bond donors (Lipinski definition) is 1. The maximum absolute atomic E-state index is 4.27. The van der Waals surface area contributed by atoms with Gasteiger partial charge in [0.1, 0.15) is 0 Å². The third-order valence-electron chi connectivity index (χ3n) is 2.83. The van der Waals surface area contributed by atoms with Crippen LogP contribution in [0, 0.1) is 12.8 Å². The molecule has 0 saturated heterocycles. The fourth-order valence-electron chi connectivity index (χ4n) is 1.84. The minimum Gasteiger partial charge on any atom is -0.309 e. The van der Waals surface area contributed by atoms with E-state index in [0.29, 0.717) is 6.04 Å². The van der Waals surface area contributed by atoms with Gasteiger partial charge in [-0.2, -0.15) is 11.8 Å². The Balaban J connectivity index is 2.62. The Morgan fingerprint density at radius 3 is 2.72 bits per heavy atom. The topological polar surface area (TPSA) is 24.9 Å². The van der Waals surface area contributed by atoms with E-state index in [1.165, 1.54) is 23.3 Å². The van der Waals surface area contributed by atoms with E-state index in [0.717, 1.165) is 18.2 Å². The van der Waals surface area contributed by atoms with Crippen molar-refractivity contribution in [3.8, 4) is 0 Å². The summed E-state index contributed by atoms with van der Waals surface area (Å²) in [7, 11) is 0. The normalized spacial score (nSPS) is 12.9. The van der Waals surface area contributed by atoms with Crippen LogP contribution < -0.4 is 5.32 Å². The molecule has 0 saturated carbocycles. The number of nitrogens with one attached hydrogen (secondary N) is 1. The SMILES string of the molecule is CCCNC(CSCC(C)C)c1cnccc1C. The second kappa shape index (κ2) is 8.54. The summed E-state index contributed by atoms with van der Waals surface area (Å²) in [6, 6.07) is 2.53. The molecular weight excluding hydrogens is 240 g/mol. The van der Waals surface area contributed by atoms with Crippen LogP contribution >= 0.6 is 11.8 Å². The monoisotopic (exact) mass is 266 g/mol. The lowest BCUT2D eigenvalue weighted by Gasteiger charge is -2.20. The lowest BCUT2D eigenvalue weighted by molar-refractivity contribution is 0.573. The molecule has 1 aromatic rings. The molecule has 1 unspecified atom stereocenters. The Morgan fingerprint density at radius 1 is 1.33 bits per heavy atom. The first-order valence-electron chi connectivity index (χ1n) is 6.86. The average Bonchev–Trinajstić information content (AvgIpc) is 2.34. The Morgan fingerprint density at radius 2 is 2.11 bits per heavy atom. The molecule has 0 aliphatic heterocycles. The average molecular weight is 266 g/mol. The van der Waals surface area contributed by atoms with Crippen molar-refractivity contribution in [3.05, 3.63) is 29.6 Å². The number of thioether (sulfide) groups is 1. The van der Waals surface area contributed by atoms with E-state index in [-0.39, 0.29) is 0 Å². The van der Waals surface area contributed by atoms with E-state index in [2.05, 4.69) is 44.1 Å². The fourth-order valence-corrected chi connectivity index (χ4v) is 2.98. The van der Waals surface area contributed by atoms with Crippen molar-refractivity contribution in [3.63, 3.8) is 0 Å². The predicted octanol–water partition coefficient (Wildman–Crippen LogP) is 3.82. The highest BCUT2D eigenvalue weighted by molar-refractivity contribution is 7.99. The summed E-state index contributed by atoms with van der Waals surface area (Å²) in [5.74, 6) is 3.12. The molecule has 0 aromatic carbocycles. The van der Waals surface area contributed by atoms with Crippen LogP contribution in [0.5, 0.6) is 0 Å². The van der Waals surface area contributed by atoms with Crippen LogP contribution in [-0.2, 0) is 0 Å². The molecule has 18 heavy (non-hydrogen) atoms. The first-order chi connectivity index (χ1) is 8.65.